The zero-order valence-electron chi connectivity index (χ0n) is 17.6. The molecule has 0 atom stereocenters. The van der Waals surface area contributed by atoms with Crippen molar-refractivity contribution in [3.63, 3.8) is 0 Å². The van der Waals surface area contributed by atoms with Gasteiger partial charge in [0.25, 0.3) is 5.91 Å². The molecule has 0 radical (unpaired) electrons. The summed E-state index contributed by atoms with van der Waals surface area (Å²) < 4.78 is 1.91. The standard InChI is InChI=1S/C22H29N5O/c1-7-27-14-19(15(2)25-27)16-9-8-10-17(11-16)21(28)26(6)13-18-12-20(24-23-18)22(3,4)5/h8-12,14H,7,13H2,1-6H3,(H,23,24). The third kappa shape index (κ3) is 4.16. The Hall–Kier alpha value is -2.89. The number of rotatable bonds is 5. The van der Waals surface area contributed by atoms with Gasteiger partial charge in [0.2, 0.25) is 0 Å². The van der Waals surface area contributed by atoms with Crippen LogP contribution in [0.3, 0.4) is 0 Å². The molecule has 148 valence electrons. The maximum atomic E-state index is 13.0. The van der Waals surface area contributed by atoms with Gasteiger partial charge in [0.15, 0.2) is 0 Å². The Labute approximate surface area is 166 Å². The lowest BCUT2D eigenvalue weighted by Gasteiger charge is -2.17. The lowest BCUT2D eigenvalue weighted by Crippen LogP contribution is -2.26. The summed E-state index contributed by atoms with van der Waals surface area (Å²) in [6, 6.07) is 9.77. The molecular formula is C22H29N5O. The summed E-state index contributed by atoms with van der Waals surface area (Å²) in [5.74, 6) is -0.0192. The van der Waals surface area contributed by atoms with Crippen molar-refractivity contribution in [3.05, 3.63) is 59.2 Å². The summed E-state index contributed by atoms with van der Waals surface area (Å²) in [5, 5.41) is 11.9. The van der Waals surface area contributed by atoms with E-state index in [0.29, 0.717) is 12.1 Å². The molecule has 0 aliphatic heterocycles. The first-order valence-corrected chi connectivity index (χ1v) is 9.63. The van der Waals surface area contributed by atoms with Crippen LogP contribution in [-0.2, 0) is 18.5 Å². The summed E-state index contributed by atoms with van der Waals surface area (Å²) in [6.07, 6.45) is 2.03. The number of carbonyl (C=O) groups is 1. The molecule has 0 aliphatic rings. The minimum atomic E-state index is -0.0214. The number of nitrogens with zero attached hydrogens (tertiary/aromatic N) is 4. The zero-order valence-corrected chi connectivity index (χ0v) is 17.6. The van der Waals surface area contributed by atoms with Gasteiger partial charge in [-0.2, -0.15) is 10.2 Å². The summed E-state index contributed by atoms with van der Waals surface area (Å²) >= 11 is 0. The fourth-order valence-electron chi connectivity index (χ4n) is 3.16. The van der Waals surface area contributed by atoms with Crippen molar-refractivity contribution in [3.8, 4) is 11.1 Å². The first-order chi connectivity index (χ1) is 13.2. The van der Waals surface area contributed by atoms with E-state index in [2.05, 4.69) is 43.0 Å². The van der Waals surface area contributed by atoms with E-state index in [9.17, 15) is 4.79 Å². The van der Waals surface area contributed by atoms with Gasteiger partial charge in [0, 0.05) is 36.3 Å². The van der Waals surface area contributed by atoms with Crippen LogP contribution in [0.5, 0.6) is 0 Å². The van der Waals surface area contributed by atoms with Gasteiger partial charge in [-0.05, 0) is 37.6 Å². The summed E-state index contributed by atoms with van der Waals surface area (Å²) in [4.78, 5) is 14.7. The van der Waals surface area contributed by atoms with Crippen LogP contribution in [0, 0.1) is 6.92 Å². The monoisotopic (exact) mass is 379 g/mol. The Balaban J connectivity index is 1.78. The van der Waals surface area contributed by atoms with Crippen LogP contribution in [0.4, 0.5) is 0 Å². The van der Waals surface area contributed by atoms with Gasteiger partial charge in [-0.25, -0.2) is 0 Å². The third-order valence-corrected chi connectivity index (χ3v) is 4.84. The molecule has 0 aliphatic carbocycles. The molecule has 0 saturated carbocycles. The molecule has 6 heteroatoms. The lowest BCUT2D eigenvalue weighted by atomic mass is 9.92. The quantitative estimate of drug-likeness (QED) is 0.723. The predicted molar refractivity (Wildman–Crippen MR) is 111 cm³/mol. The van der Waals surface area contributed by atoms with E-state index in [1.165, 1.54) is 0 Å². The molecule has 2 heterocycles. The highest BCUT2D eigenvalue weighted by molar-refractivity contribution is 5.95. The van der Waals surface area contributed by atoms with Gasteiger partial charge in [0.05, 0.1) is 23.6 Å². The van der Waals surface area contributed by atoms with Gasteiger partial charge >= 0.3 is 0 Å². The number of aromatic nitrogens is 4. The van der Waals surface area contributed by atoms with Crippen LogP contribution in [0.2, 0.25) is 0 Å². The highest BCUT2D eigenvalue weighted by Gasteiger charge is 2.19. The zero-order chi connectivity index (χ0) is 20.5. The molecule has 2 aromatic heterocycles. The van der Waals surface area contributed by atoms with Gasteiger partial charge in [-0.15, -0.1) is 0 Å². The van der Waals surface area contributed by atoms with Gasteiger partial charge in [0.1, 0.15) is 0 Å². The van der Waals surface area contributed by atoms with E-state index in [1.807, 2.05) is 55.2 Å². The molecule has 3 aromatic rings. The molecule has 1 amide bonds. The molecule has 0 unspecified atom stereocenters. The van der Waals surface area contributed by atoms with E-state index < -0.39 is 0 Å². The smallest absolute Gasteiger partial charge is 0.253 e. The van der Waals surface area contributed by atoms with Crippen molar-refractivity contribution in [2.45, 2.75) is 53.1 Å². The van der Waals surface area contributed by atoms with Crippen molar-refractivity contribution < 1.29 is 4.79 Å². The average molecular weight is 380 g/mol. The van der Waals surface area contributed by atoms with Gasteiger partial charge in [-0.3, -0.25) is 14.6 Å². The van der Waals surface area contributed by atoms with Crippen molar-refractivity contribution in [1.82, 2.24) is 24.9 Å². The lowest BCUT2D eigenvalue weighted by molar-refractivity contribution is 0.0783. The molecular weight excluding hydrogens is 350 g/mol. The van der Waals surface area contributed by atoms with E-state index in [1.54, 1.807) is 4.90 Å². The Kier molecular flexibility index (Phi) is 5.40. The van der Waals surface area contributed by atoms with Crippen LogP contribution in [0.15, 0.2) is 36.5 Å². The molecule has 0 spiro atoms. The van der Waals surface area contributed by atoms with Crippen LogP contribution in [-0.4, -0.2) is 37.8 Å². The number of H-pyrrole nitrogens is 1. The first kappa shape index (κ1) is 19.9. The first-order valence-electron chi connectivity index (χ1n) is 9.63. The normalized spacial score (nSPS) is 11.6. The molecule has 1 aromatic carbocycles. The number of nitrogens with one attached hydrogen (secondary N) is 1. The second-order valence-electron chi connectivity index (χ2n) is 8.25. The van der Waals surface area contributed by atoms with Crippen molar-refractivity contribution in [2.24, 2.45) is 0 Å². The third-order valence-electron chi connectivity index (χ3n) is 4.84. The molecule has 0 saturated heterocycles. The minimum absolute atomic E-state index is 0.0192. The topological polar surface area (TPSA) is 66.8 Å². The number of benzene rings is 1. The second kappa shape index (κ2) is 7.62. The molecule has 1 N–H and O–H groups in total. The highest BCUT2D eigenvalue weighted by atomic mass is 16.2. The fraction of sp³-hybridized carbons (Fsp3) is 0.409. The maximum Gasteiger partial charge on any atom is 0.253 e. The van der Waals surface area contributed by atoms with Crippen LogP contribution in [0.25, 0.3) is 11.1 Å². The molecule has 6 nitrogen and oxygen atoms in total. The number of hydrogen-bond donors (Lipinski definition) is 1. The Bertz CT molecular complexity index is 977. The number of aromatic amines is 1. The van der Waals surface area contributed by atoms with E-state index in [0.717, 1.165) is 34.8 Å². The summed E-state index contributed by atoms with van der Waals surface area (Å²) in [6.45, 7) is 11.7. The van der Waals surface area contributed by atoms with Gasteiger partial charge in [-0.1, -0.05) is 32.9 Å². The average Bonchev–Trinajstić information content (AvgIpc) is 3.27. The number of carbonyl (C=O) groups excluding carboxylic acids is 1. The maximum absolute atomic E-state index is 13.0. The van der Waals surface area contributed by atoms with Crippen LogP contribution in [0.1, 0.15) is 55.1 Å². The molecule has 0 fully saturated rings. The Morgan fingerprint density at radius 2 is 2.00 bits per heavy atom. The summed E-state index contributed by atoms with van der Waals surface area (Å²) in [7, 11) is 1.81. The van der Waals surface area contributed by atoms with E-state index in [4.69, 9.17) is 0 Å². The fourth-order valence-corrected chi connectivity index (χ4v) is 3.16. The number of amides is 1. The van der Waals surface area contributed by atoms with Crippen LogP contribution < -0.4 is 0 Å². The van der Waals surface area contributed by atoms with Crippen LogP contribution >= 0.6 is 0 Å². The molecule has 0 bridgehead atoms. The molecule has 28 heavy (non-hydrogen) atoms. The van der Waals surface area contributed by atoms with Gasteiger partial charge < -0.3 is 4.90 Å². The second-order valence-corrected chi connectivity index (χ2v) is 8.25. The van der Waals surface area contributed by atoms with Crippen molar-refractivity contribution in [2.75, 3.05) is 7.05 Å². The molecule has 3 rings (SSSR count). The predicted octanol–water partition coefficient (Wildman–Crippen LogP) is 4.17. The number of hydrogen-bond acceptors (Lipinski definition) is 3. The van der Waals surface area contributed by atoms with E-state index in [-0.39, 0.29) is 11.3 Å². The SMILES string of the molecule is CCn1cc(-c2cccc(C(=O)N(C)Cc3cc(C(C)(C)C)n[nH]3)c2)c(C)n1. The largest absolute Gasteiger partial charge is 0.336 e. The number of aryl methyl sites for hydroxylation is 2. The minimum Gasteiger partial charge on any atom is -0.336 e. The highest BCUT2D eigenvalue weighted by Crippen LogP contribution is 2.24. The van der Waals surface area contributed by atoms with Crippen molar-refractivity contribution in [1.29, 1.82) is 0 Å². The van der Waals surface area contributed by atoms with E-state index >= 15 is 0 Å². The Morgan fingerprint density at radius 3 is 2.61 bits per heavy atom. The van der Waals surface area contributed by atoms with Crippen molar-refractivity contribution >= 4 is 5.91 Å². The summed E-state index contributed by atoms with van der Waals surface area (Å²) in [5.41, 5.74) is 5.60. The Morgan fingerprint density at radius 1 is 1.25 bits per heavy atom.